The Kier molecular flexibility index (Phi) is 4.05. The van der Waals surface area contributed by atoms with Crippen molar-refractivity contribution in [3.8, 4) is 11.8 Å². The number of nitriles is 1. The summed E-state index contributed by atoms with van der Waals surface area (Å²) in [6.45, 7) is 6.17. The fourth-order valence-corrected chi connectivity index (χ4v) is 2.09. The van der Waals surface area contributed by atoms with E-state index in [2.05, 4.69) is 6.07 Å². The highest BCUT2D eigenvalue weighted by atomic mass is 19.1. The molecule has 0 N–H and O–H groups in total. The zero-order valence-corrected chi connectivity index (χ0v) is 11.8. The highest BCUT2D eigenvalue weighted by Crippen LogP contribution is 2.27. The molecule has 0 atom stereocenters. The molecule has 0 saturated heterocycles. The fraction of sp³-hybridized carbons (Fsp3) is 0.235. The SMILES string of the molecule is Cc1ccc(C)c(OCc2cc(F)ccc2C#N)c1C. The first-order valence-electron chi connectivity index (χ1n) is 6.41. The van der Waals surface area contributed by atoms with E-state index in [0.29, 0.717) is 11.1 Å². The van der Waals surface area contributed by atoms with E-state index >= 15 is 0 Å². The molecule has 0 aliphatic rings. The summed E-state index contributed by atoms with van der Waals surface area (Å²) in [7, 11) is 0. The molecule has 0 aromatic heterocycles. The smallest absolute Gasteiger partial charge is 0.125 e. The van der Waals surface area contributed by atoms with Crippen molar-refractivity contribution >= 4 is 0 Å². The zero-order valence-electron chi connectivity index (χ0n) is 11.8. The van der Waals surface area contributed by atoms with Crippen LogP contribution in [0.5, 0.6) is 5.75 Å². The minimum atomic E-state index is -0.361. The van der Waals surface area contributed by atoms with Crippen LogP contribution < -0.4 is 4.74 Å². The van der Waals surface area contributed by atoms with Gasteiger partial charge in [-0.15, -0.1) is 0 Å². The molecule has 0 bridgehead atoms. The number of benzene rings is 2. The maximum atomic E-state index is 13.3. The third-order valence-corrected chi connectivity index (χ3v) is 3.43. The quantitative estimate of drug-likeness (QED) is 0.836. The second kappa shape index (κ2) is 5.75. The first kappa shape index (κ1) is 14.1. The van der Waals surface area contributed by atoms with Gasteiger partial charge in [-0.1, -0.05) is 12.1 Å². The maximum Gasteiger partial charge on any atom is 0.125 e. The lowest BCUT2D eigenvalue weighted by atomic mass is 10.1. The first-order chi connectivity index (χ1) is 9.52. The molecule has 0 aliphatic heterocycles. The standard InChI is InChI=1S/C17H16FNO/c1-11-4-5-12(2)17(13(11)3)20-10-15-8-16(18)7-6-14(15)9-19/h4-8H,10H2,1-3H3. The van der Waals surface area contributed by atoms with Crippen molar-refractivity contribution in [3.63, 3.8) is 0 Å². The molecule has 2 rings (SSSR count). The van der Waals surface area contributed by atoms with E-state index in [1.54, 1.807) is 0 Å². The highest BCUT2D eigenvalue weighted by molar-refractivity contribution is 5.45. The summed E-state index contributed by atoms with van der Waals surface area (Å²) >= 11 is 0. The molecule has 0 aliphatic carbocycles. The number of nitrogens with zero attached hydrogens (tertiary/aromatic N) is 1. The van der Waals surface area contributed by atoms with E-state index in [9.17, 15) is 4.39 Å². The number of rotatable bonds is 3. The average molecular weight is 269 g/mol. The Labute approximate surface area is 118 Å². The van der Waals surface area contributed by atoms with Gasteiger partial charge in [0.1, 0.15) is 18.2 Å². The molecule has 0 spiro atoms. The monoisotopic (exact) mass is 269 g/mol. The molecule has 0 saturated carbocycles. The van der Waals surface area contributed by atoms with Crippen LogP contribution in [0.3, 0.4) is 0 Å². The largest absolute Gasteiger partial charge is 0.488 e. The molecule has 2 aromatic carbocycles. The Morgan fingerprint density at radius 1 is 1.10 bits per heavy atom. The number of hydrogen-bond donors (Lipinski definition) is 0. The van der Waals surface area contributed by atoms with Crippen LogP contribution in [-0.2, 0) is 6.61 Å². The van der Waals surface area contributed by atoms with Gasteiger partial charge in [0.2, 0.25) is 0 Å². The molecule has 0 fully saturated rings. The van der Waals surface area contributed by atoms with Gasteiger partial charge in [0.25, 0.3) is 0 Å². The second-order valence-corrected chi connectivity index (χ2v) is 4.86. The molecule has 0 heterocycles. The van der Waals surface area contributed by atoms with Crippen molar-refractivity contribution in [2.24, 2.45) is 0 Å². The number of aryl methyl sites for hydroxylation is 2. The Balaban J connectivity index is 2.28. The predicted molar refractivity (Wildman–Crippen MR) is 76.1 cm³/mol. The molecule has 0 radical (unpaired) electrons. The zero-order chi connectivity index (χ0) is 14.7. The summed E-state index contributed by atoms with van der Waals surface area (Å²) in [4.78, 5) is 0. The van der Waals surface area contributed by atoms with Crippen molar-refractivity contribution in [2.45, 2.75) is 27.4 Å². The fourth-order valence-electron chi connectivity index (χ4n) is 2.09. The van der Waals surface area contributed by atoms with Crippen LogP contribution in [0.15, 0.2) is 30.3 Å². The predicted octanol–water partition coefficient (Wildman–Crippen LogP) is 4.20. The van der Waals surface area contributed by atoms with E-state index in [4.69, 9.17) is 10.00 Å². The lowest BCUT2D eigenvalue weighted by Gasteiger charge is -2.14. The van der Waals surface area contributed by atoms with E-state index < -0.39 is 0 Å². The number of halogens is 1. The number of hydrogen-bond acceptors (Lipinski definition) is 2. The topological polar surface area (TPSA) is 33.0 Å². The van der Waals surface area contributed by atoms with Gasteiger partial charge in [-0.2, -0.15) is 5.26 Å². The highest BCUT2D eigenvalue weighted by Gasteiger charge is 2.09. The van der Waals surface area contributed by atoms with Crippen molar-refractivity contribution in [1.29, 1.82) is 5.26 Å². The van der Waals surface area contributed by atoms with E-state index in [0.717, 1.165) is 22.4 Å². The van der Waals surface area contributed by atoms with Crippen LogP contribution in [-0.4, -0.2) is 0 Å². The van der Waals surface area contributed by atoms with Crippen molar-refractivity contribution < 1.29 is 9.13 Å². The van der Waals surface area contributed by atoms with Crippen LogP contribution >= 0.6 is 0 Å². The second-order valence-electron chi connectivity index (χ2n) is 4.86. The van der Waals surface area contributed by atoms with E-state index in [-0.39, 0.29) is 12.4 Å². The summed E-state index contributed by atoms with van der Waals surface area (Å²) < 4.78 is 19.1. The van der Waals surface area contributed by atoms with Gasteiger partial charge in [0, 0.05) is 5.56 Å². The summed E-state index contributed by atoms with van der Waals surface area (Å²) in [5.74, 6) is 0.443. The van der Waals surface area contributed by atoms with Crippen LogP contribution in [0.4, 0.5) is 4.39 Å². The van der Waals surface area contributed by atoms with Crippen molar-refractivity contribution in [2.75, 3.05) is 0 Å². The van der Waals surface area contributed by atoms with Gasteiger partial charge < -0.3 is 4.74 Å². The van der Waals surface area contributed by atoms with Gasteiger partial charge in [0.05, 0.1) is 11.6 Å². The summed E-state index contributed by atoms with van der Waals surface area (Å²) in [6, 6.07) is 10.2. The molecule has 2 nitrogen and oxygen atoms in total. The van der Waals surface area contributed by atoms with Gasteiger partial charge in [-0.25, -0.2) is 4.39 Å². The third kappa shape index (κ3) is 2.80. The van der Waals surface area contributed by atoms with Gasteiger partial charge in [-0.05, 0) is 55.7 Å². The molecule has 2 aromatic rings. The summed E-state index contributed by atoms with van der Waals surface area (Å²) in [5.41, 5.74) is 4.25. The van der Waals surface area contributed by atoms with Crippen LogP contribution in [0, 0.1) is 37.9 Å². The van der Waals surface area contributed by atoms with Crippen molar-refractivity contribution in [3.05, 3.63) is 64.0 Å². The van der Waals surface area contributed by atoms with Gasteiger partial charge in [-0.3, -0.25) is 0 Å². The Hall–Kier alpha value is -2.34. The van der Waals surface area contributed by atoms with Gasteiger partial charge in [0.15, 0.2) is 0 Å². The van der Waals surface area contributed by atoms with E-state index in [1.165, 1.54) is 18.2 Å². The Morgan fingerprint density at radius 2 is 1.80 bits per heavy atom. The minimum absolute atomic E-state index is 0.186. The van der Waals surface area contributed by atoms with Gasteiger partial charge >= 0.3 is 0 Å². The van der Waals surface area contributed by atoms with E-state index in [1.807, 2.05) is 32.9 Å². The summed E-state index contributed by atoms with van der Waals surface area (Å²) in [6.07, 6.45) is 0. The van der Waals surface area contributed by atoms with Crippen LogP contribution in [0.1, 0.15) is 27.8 Å². The minimum Gasteiger partial charge on any atom is -0.488 e. The molecule has 102 valence electrons. The van der Waals surface area contributed by atoms with Crippen LogP contribution in [0.2, 0.25) is 0 Å². The van der Waals surface area contributed by atoms with Crippen LogP contribution in [0.25, 0.3) is 0 Å². The van der Waals surface area contributed by atoms with Crippen molar-refractivity contribution in [1.82, 2.24) is 0 Å². The molecule has 0 unspecified atom stereocenters. The molecule has 20 heavy (non-hydrogen) atoms. The molecule has 3 heteroatoms. The lowest BCUT2D eigenvalue weighted by molar-refractivity contribution is 0.301. The lowest BCUT2D eigenvalue weighted by Crippen LogP contribution is -2.02. The summed E-state index contributed by atoms with van der Waals surface area (Å²) in [5, 5.41) is 9.03. The average Bonchev–Trinajstić information content (AvgIpc) is 2.43. The maximum absolute atomic E-state index is 13.3. The molecule has 0 amide bonds. The molecular formula is C17H16FNO. The number of ether oxygens (including phenoxy) is 1. The first-order valence-corrected chi connectivity index (χ1v) is 6.41. The normalized spacial score (nSPS) is 10.2. The molecular weight excluding hydrogens is 253 g/mol. The Morgan fingerprint density at radius 3 is 2.50 bits per heavy atom. The third-order valence-electron chi connectivity index (χ3n) is 3.43. The Bertz CT molecular complexity index is 686.